The number of epoxide rings is 4. The lowest BCUT2D eigenvalue weighted by molar-refractivity contribution is 0.0708. The van der Waals surface area contributed by atoms with Gasteiger partial charge in [0.15, 0.2) is 0 Å². The molecular formula is C81H88O11Si. The number of hydrogen-bond donors (Lipinski definition) is 0. The van der Waals surface area contributed by atoms with Gasteiger partial charge in [-0.25, -0.2) is 0 Å². The summed E-state index contributed by atoms with van der Waals surface area (Å²) in [6.45, 7) is 23.4. The second kappa shape index (κ2) is 28.9. The Morgan fingerprint density at radius 2 is 0.688 bits per heavy atom. The van der Waals surface area contributed by atoms with Gasteiger partial charge in [0.1, 0.15) is 73.8 Å². The molecule has 0 N–H and O–H groups in total. The van der Waals surface area contributed by atoms with Gasteiger partial charge >= 0.3 is 8.80 Å². The zero-order valence-corrected chi connectivity index (χ0v) is 55.5. The molecule has 11 nitrogen and oxygen atoms in total. The molecule has 4 saturated heterocycles. The van der Waals surface area contributed by atoms with Gasteiger partial charge in [-0.2, -0.15) is 0 Å². The van der Waals surface area contributed by atoms with Crippen LogP contribution in [0.25, 0.3) is 22.3 Å². The highest BCUT2D eigenvalue weighted by Crippen LogP contribution is 2.59. The molecule has 4 aliphatic heterocycles. The third-order valence-electron chi connectivity index (χ3n) is 18.7. The third-order valence-corrected chi connectivity index (χ3v) is 21.9. The summed E-state index contributed by atoms with van der Waals surface area (Å²) in [5.74, 6) is 3.63. The molecule has 8 aromatic carbocycles. The zero-order valence-electron chi connectivity index (χ0n) is 54.5. The summed E-state index contributed by atoms with van der Waals surface area (Å²) < 4.78 is 65.8. The van der Waals surface area contributed by atoms with Crippen LogP contribution in [-0.4, -0.2) is 106 Å². The van der Waals surface area contributed by atoms with Crippen LogP contribution in [0, 0.1) is 0 Å². The summed E-state index contributed by atoms with van der Waals surface area (Å²) in [6.07, 6.45) is 10.9. The van der Waals surface area contributed by atoms with Crippen LogP contribution < -0.4 is 18.9 Å². The maximum Gasteiger partial charge on any atom is 0.500 e. The Labute approximate surface area is 550 Å². The molecule has 4 unspecified atom stereocenters. The van der Waals surface area contributed by atoms with E-state index in [1.807, 2.05) is 32.9 Å². The molecule has 4 atom stereocenters. The fraction of sp³-hybridized carbons (Fsp3) is 0.358. The maximum atomic E-state index is 6.48. The molecule has 0 spiro atoms. The highest BCUT2D eigenvalue weighted by molar-refractivity contribution is 6.60. The van der Waals surface area contributed by atoms with Gasteiger partial charge in [0.25, 0.3) is 0 Å². The molecule has 6 aliphatic rings. The minimum Gasteiger partial charge on any atom is -0.491 e. The van der Waals surface area contributed by atoms with E-state index in [0.29, 0.717) is 59.1 Å². The van der Waals surface area contributed by atoms with E-state index < -0.39 is 19.6 Å². The smallest absolute Gasteiger partial charge is 0.491 e. The van der Waals surface area contributed by atoms with E-state index in [1.165, 1.54) is 77.9 Å². The Morgan fingerprint density at radius 3 is 0.978 bits per heavy atom. The summed E-state index contributed by atoms with van der Waals surface area (Å²) in [7, 11) is -2.81. The van der Waals surface area contributed by atoms with Crippen LogP contribution in [0.3, 0.4) is 0 Å². The SMILES string of the molecule is C=CCc1cc(C2(c3ccc(OCC4CO4)c(CC=C)c3)c3ccccc3-c3ccccc32)ccc1OCC1CO1.CCCCc1cc(C2(c3ccc(OCC4CO4)c(CCC[Si](OCC)(OCC)OCC)c3)c3ccccc3-c3ccccc32)ccc1OCC1CO1. The molecule has 8 aromatic rings. The second-order valence-corrected chi connectivity index (χ2v) is 27.7. The number of fused-ring (bicyclic) bond motifs is 6. The average Bonchev–Trinajstić information content (AvgIpc) is 1.50. The Bertz CT molecular complexity index is 3730. The van der Waals surface area contributed by atoms with Crippen molar-refractivity contribution in [3.05, 3.63) is 262 Å². The number of aryl methyl sites for hydroxylation is 2. The van der Waals surface area contributed by atoms with Gasteiger partial charge in [0.05, 0.1) is 37.3 Å². The van der Waals surface area contributed by atoms with Crippen LogP contribution in [-0.2, 0) is 68.7 Å². The lowest BCUT2D eigenvalue weighted by Gasteiger charge is -2.35. The molecule has 4 heterocycles. The van der Waals surface area contributed by atoms with Crippen LogP contribution in [0.15, 0.2) is 195 Å². The normalized spacial score (nSPS) is 18.6. The van der Waals surface area contributed by atoms with Crippen molar-refractivity contribution in [3.8, 4) is 45.3 Å². The molecule has 4 fully saturated rings. The summed E-state index contributed by atoms with van der Waals surface area (Å²) in [4.78, 5) is 0. The van der Waals surface area contributed by atoms with Gasteiger partial charge in [-0.1, -0.05) is 171 Å². The van der Waals surface area contributed by atoms with Crippen molar-refractivity contribution in [1.29, 1.82) is 0 Å². The van der Waals surface area contributed by atoms with E-state index in [1.54, 1.807) is 0 Å². The number of hydrogen-bond acceptors (Lipinski definition) is 11. The summed E-state index contributed by atoms with van der Waals surface area (Å²) in [5.41, 5.74) is 18.7. The Kier molecular flexibility index (Phi) is 19.9. The lowest BCUT2D eigenvalue weighted by atomic mass is 9.67. The van der Waals surface area contributed by atoms with Gasteiger partial charge in [-0.05, 0) is 173 Å². The molecule has 482 valence electrons. The Morgan fingerprint density at radius 1 is 0.398 bits per heavy atom. The molecule has 12 heteroatoms. The van der Waals surface area contributed by atoms with Gasteiger partial charge in [-0.15, -0.1) is 13.2 Å². The minimum absolute atomic E-state index is 0.162. The van der Waals surface area contributed by atoms with Crippen LogP contribution in [0.5, 0.6) is 23.0 Å². The molecule has 2 aliphatic carbocycles. The average molecular weight is 1270 g/mol. The van der Waals surface area contributed by atoms with Crippen molar-refractivity contribution in [2.24, 2.45) is 0 Å². The molecule has 14 rings (SSSR count). The number of rotatable bonds is 33. The van der Waals surface area contributed by atoms with E-state index >= 15 is 0 Å². The van der Waals surface area contributed by atoms with Crippen molar-refractivity contribution in [3.63, 3.8) is 0 Å². The topological polar surface area (TPSA) is 115 Å². The van der Waals surface area contributed by atoms with Crippen LogP contribution >= 0.6 is 0 Å². The van der Waals surface area contributed by atoms with Crippen LogP contribution in [0.4, 0.5) is 0 Å². The molecule has 0 radical (unpaired) electrons. The molecule has 0 amide bonds. The van der Waals surface area contributed by atoms with Crippen molar-refractivity contribution in [2.45, 2.75) is 114 Å². The van der Waals surface area contributed by atoms with E-state index in [9.17, 15) is 0 Å². The molecule has 0 bridgehead atoms. The number of unbranched alkanes of at least 4 members (excludes halogenated alkanes) is 1. The monoisotopic (exact) mass is 1260 g/mol. The summed E-state index contributed by atoms with van der Waals surface area (Å²) in [6, 6.07) is 63.3. The molecule has 93 heavy (non-hydrogen) atoms. The highest BCUT2D eigenvalue weighted by atomic mass is 28.4. The van der Waals surface area contributed by atoms with Gasteiger partial charge in [-0.3, -0.25) is 0 Å². The fourth-order valence-electron chi connectivity index (χ4n) is 14.1. The Balaban J connectivity index is 0.000000174. The highest BCUT2D eigenvalue weighted by Gasteiger charge is 2.49. The predicted octanol–water partition coefficient (Wildman–Crippen LogP) is 16.0. The van der Waals surface area contributed by atoms with E-state index in [0.717, 1.165) is 98.7 Å². The molecule has 0 saturated carbocycles. The first-order chi connectivity index (χ1) is 45.8. The largest absolute Gasteiger partial charge is 0.500 e. The summed E-state index contributed by atoms with van der Waals surface area (Å²) >= 11 is 0. The zero-order chi connectivity index (χ0) is 63.8. The predicted molar refractivity (Wildman–Crippen MR) is 369 cm³/mol. The summed E-state index contributed by atoms with van der Waals surface area (Å²) in [5, 5.41) is 0. The lowest BCUT2D eigenvalue weighted by Crippen LogP contribution is -2.46. The quantitative estimate of drug-likeness (QED) is 0.0222. The maximum absolute atomic E-state index is 6.48. The van der Waals surface area contributed by atoms with Crippen molar-refractivity contribution < 1.29 is 51.2 Å². The Hall–Kier alpha value is -7.62. The first-order valence-electron chi connectivity index (χ1n) is 33.8. The molecule has 0 aromatic heterocycles. The van der Waals surface area contributed by atoms with E-state index in [2.05, 4.69) is 190 Å². The second-order valence-electron chi connectivity index (χ2n) is 25.0. The van der Waals surface area contributed by atoms with Gasteiger partial charge in [0, 0.05) is 25.9 Å². The minimum atomic E-state index is -2.81. The number of benzene rings is 8. The fourth-order valence-corrected chi connectivity index (χ4v) is 16.7. The van der Waals surface area contributed by atoms with Crippen molar-refractivity contribution in [1.82, 2.24) is 0 Å². The first kappa shape index (κ1) is 64.1. The van der Waals surface area contributed by atoms with Crippen LogP contribution in [0.2, 0.25) is 6.04 Å². The van der Waals surface area contributed by atoms with E-state index in [4.69, 9.17) is 51.2 Å². The van der Waals surface area contributed by atoms with Crippen molar-refractivity contribution in [2.75, 3.05) is 72.7 Å². The standard InChI is InChI=1S/C44H54O7Si.C37H34O4/c1-5-9-15-32-26-34(21-23-42(32)47-30-36-28-45-36)44(40-19-12-10-17-38(40)39-18-11-13-20-41(39)44)35-22-24-43(48-31-37-29-46-37)33(27-35)16-14-25-52(49-6-2,50-7-3)51-8-4;1-3-9-25-19-27(15-17-35(25)40-23-29-21-38-29)37(33-13-7-5-11-31(33)32-12-6-8-14-34(32)37)28-16-18-36(26(20-28)10-4-2)41-24-30-22-39-30/h10-13,17-24,26-27,36-37H,5-9,14-16,25,28-31H2,1-4H3;3-8,11-20,29-30H,1-2,9-10,21-24H2. The van der Waals surface area contributed by atoms with Gasteiger partial charge < -0.3 is 51.2 Å². The van der Waals surface area contributed by atoms with Crippen LogP contribution in [0.1, 0.15) is 114 Å². The molecular weight excluding hydrogens is 1180 g/mol. The van der Waals surface area contributed by atoms with E-state index in [-0.39, 0.29) is 24.4 Å². The van der Waals surface area contributed by atoms with Gasteiger partial charge in [0.2, 0.25) is 0 Å². The van der Waals surface area contributed by atoms with Crippen molar-refractivity contribution >= 4 is 8.80 Å². The number of allylic oxidation sites excluding steroid dienone is 2. The third kappa shape index (κ3) is 13.6. The first-order valence-corrected chi connectivity index (χ1v) is 35.7. The number of ether oxygens (including phenoxy) is 8.